The lowest BCUT2D eigenvalue weighted by atomic mass is 9.68. The minimum atomic E-state index is 0.261. The van der Waals surface area contributed by atoms with E-state index >= 15 is 0 Å². The molecule has 1 aliphatic carbocycles. The summed E-state index contributed by atoms with van der Waals surface area (Å²) in [7, 11) is 0. The monoisotopic (exact) mass is 289 g/mol. The summed E-state index contributed by atoms with van der Waals surface area (Å²) in [6, 6.07) is 6.06. The van der Waals surface area contributed by atoms with Crippen LogP contribution >= 0.6 is 0 Å². The zero-order valence-corrected chi connectivity index (χ0v) is 12.7. The molecule has 0 aromatic heterocycles. The average molecular weight is 289 g/mol. The van der Waals surface area contributed by atoms with E-state index in [0.717, 1.165) is 30.0 Å². The summed E-state index contributed by atoms with van der Waals surface area (Å²) in [5, 5.41) is 3.14. The Hall–Kier alpha value is -1.91. The average Bonchev–Trinajstić information content (AvgIpc) is 2.68. The van der Waals surface area contributed by atoms with E-state index < -0.39 is 0 Å². The number of hydrogen-bond acceptors (Lipinski definition) is 3. The number of hydrogen-bond donors (Lipinski definition) is 2. The molecule has 1 atom stereocenters. The molecule has 3 N–H and O–H groups in total. The molecule has 2 aliphatic rings. The number of rotatable bonds is 2. The second-order valence-electron chi connectivity index (χ2n) is 6.39. The quantitative estimate of drug-likeness (QED) is 0.649. The van der Waals surface area contributed by atoms with Gasteiger partial charge in [0.05, 0.1) is 19.3 Å². The van der Waals surface area contributed by atoms with Crippen LogP contribution in [0.5, 0.6) is 11.5 Å². The lowest BCUT2D eigenvalue weighted by molar-refractivity contribution is 0.145. The molecule has 0 bridgehead atoms. The number of ether oxygens (including phenoxy) is 2. The van der Waals surface area contributed by atoms with Crippen LogP contribution in [0, 0.1) is 5.41 Å². The number of anilines is 1. The van der Waals surface area contributed by atoms with Gasteiger partial charge in [0, 0.05) is 18.2 Å². The zero-order chi connectivity index (χ0) is 14.9. The Morgan fingerprint density at radius 2 is 2.05 bits per heavy atom. The summed E-state index contributed by atoms with van der Waals surface area (Å²) in [4.78, 5) is 4.57. The summed E-state index contributed by atoms with van der Waals surface area (Å²) in [6.45, 7) is 5.83. The van der Waals surface area contributed by atoms with Crippen molar-refractivity contribution in [2.75, 3.05) is 18.5 Å². The fourth-order valence-electron chi connectivity index (χ4n) is 2.68. The molecule has 3 rings (SSSR count). The third-order valence-electron chi connectivity index (χ3n) is 4.28. The number of nitrogens with one attached hydrogen (secondary N) is 1. The lowest BCUT2D eigenvalue weighted by Crippen LogP contribution is -2.40. The molecule has 1 aliphatic heterocycles. The van der Waals surface area contributed by atoms with Crippen molar-refractivity contribution in [3.05, 3.63) is 18.2 Å². The van der Waals surface area contributed by atoms with Crippen LogP contribution in [0.15, 0.2) is 23.2 Å². The van der Waals surface area contributed by atoms with Gasteiger partial charge in [-0.15, -0.1) is 0 Å². The maximum Gasteiger partial charge on any atom is 0.193 e. The molecular weight excluding hydrogens is 266 g/mol. The molecule has 1 aromatic carbocycles. The predicted octanol–water partition coefficient (Wildman–Crippen LogP) is 2.76. The lowest BCUT2D eigenvalue weighted by Gasteiger charge is -2.41. The van der Waals surface area contributed by atoms with Gasteiger partial charge in [0.25, 0.3) is 0 Å². The van der Waals surface area contributed by atoms with Crippen LogP contribution in [0.2, 0.25) is 0 Å². The Morgan fingerprint density at radius 3 is 2.71 bits per heavy atom. The Kier molecular flexibility index (Phi) is 3.66. The zero-order valence-electron chi connectivity index (χ0n) is 12.7. The molecule has 5 nitrogen and oxygen atoms in total. The van der Waals surface area contributed by atoms with Gasteiger partial charge in [0.2, 0.25) is 0 Å². The van der Waals surface area contributed by atoms with E-state index in [0.29, 0.717) is 25.2 Å². The van der Waals surface area contributed by atoms with Gasteiger partial charge >= 0.3 is 0 Å². The van der Waals surface area contributed by atoms with Crippen LogP contribution in [-0.2, 0) is 0 Å². The minimum absolute atomic E-state index is 0.261. The smallest absolute Gasteiger partial charge is 0.193 e. The molecule has 0 amide bonds. The van der Waals surface area contributed by atoms with Gasteiger partial charge in [-0.3, -0.25) is 0 Å². The van der Waals surface area contributed by atoms with Crippen LogP contribution in [0.1, 0.15) is 33.1 Å². The van der Waals surface area contributed by atoms with E-state index in [2.05, 4.69) is 24.2 Å². The fraction of sp³-hybridized carbons (Fsp3) is 0.562. The van der Waals surface area contributed by atoms with E-state index in [1.54, 1.807) is 0 Å². The first-order chi connectivity index (χ1) is 10.0. The third-order valence-corrected chi connectivity index (χ3v) is 4.28. The molecule has 5 heteroatoms. The SMILES string of the molecule is CC1(C)CCC1N=C(N)Nc1ccc2c(c1)OCCCO2. The molecule has 114 valence electrons. The van der Waals surface area contributed by atoms with Crippen LogP contribution in [0.25, 0.3) is 0 Å². The molecule has 1 aromatic rings. The van der Waals surface area contributed by atoms with E-state index in [1.807, 2.05) is 18.2 Å². The van der Waals surface area contributed by atoms with Crippen molar-refractivity contribution in [1.29, 1.82) is 0 Å². The van der Waals surface area contributed by atoms with Crippen LogP contribution in [0.4, 0.5) is 5.69 Å². The molecule has 1 heterocycles. The van der Waals surface area contributed by atoms with Crippen LogP contribution < -0.4 is 20.5 Å². The van der Waals surface area contributed by atoms with Crippen molar-refractivity contribution >= 4 is 11.6 Å². The Bertz CT molecular complexity index is 554. The number of nitrogens with zero attached hydrogens (tertiary/aromatic N) is 1. The summed E-state index contributed by atoms with van der Waals surface area (Å²) < 4.78 is 11.3. The Balaban J connectivity index is 1.70. The summed E-state index contributed by atoms with van der Waals surface area (Å²) in [5.74, 6) is 2.00. The molecule has 21 heavy (non-hydrogen) atoms. The van der Waals surface area contributed by atoms with Crippen molar-refractivity contribution in [3.8, 4) is 11.5 Å². The topological polar surface area (TPSA) is 68.9 Å². The number of nitrogens with two attached hydrogens (primary N) is 1. The molecule has 0 radical (unpaired) electrons. The van der Waals surface area contributed by atoms with Crippen LogP contribution in [0.3, 0.4) is 0 Å². The molecule has 1 unspecified atom stereocenters. The van der Waals surface area contributed by atoms with E-state index in [-0.39, 0.29) is 5.41 Å². The van der Waals surface area contributed by atoms with Gasteiger partial charge in [0.1, 0.15) is 0 Å². The highest BCUT2D eigenvalue weighted by atomic mass is 16.5. The highest BCUT2D eigenvalue weighted by molar-refractivity contribution is 5.92. The molecular formula is C16H23N3O2. The van der Waals surface area contributed by atoms with Crippen LogP contribution in [-0.4, -0.2) is 25.2 Å². The number of aliphatic imine (C=N–C) groups is 1. The van der Waals surface area contributed by atoms with Gasteiger partial charge in [-0.2, -0.15) is 0 Å². The number of fused-ring (bicyclic) bond motifs is 1. The predicted molar refractivity (Wildman–Crippen MR) is 84.1 cm³/mol. The van der Waals surface area contributed by atoms with Gasteiger partial charge < -0.3 is 20.5 Å². The molecule has 1 saturated carbocycles. The maximum atomic E-state index is 6.01. The molecule has 0 spiro atoms. The summed E-state index contributed by atoms with van der Waals surface area (Å²) in [5.41, 5.74) is 7.14. The second-order valence-corrected chi connectivity index (χ2v) is 6.39. The first kappa shape index (κ1) is 14.0. The second kappa shape index (κ2) is 5.47. The Labute approximate surface area is 125 Å². The van der Waals surface area contributed by atoms with E-state index in [1.165, 1.54) is 6.42 Å². The highest BCUT2D eigenvalue weighted by Crippen LogP contribution is 2.42. The maximum absolute atomic E-state index is 6.01. The van der Waals surface area contributed by atoms with Gasteiger partial charge in [-0.05, 0) is 30.4 Å². The Morgan fingerprint density at radius 1 is 1.29 bits per heavy atom. The first-order valence-electron chi connectivity index (χ1n) is 7.54. The van der Waals surface area contributed by atoms with Gasteiger partial charge in [-0.1, -0.05) is 13.8 Å². The highest BCUT2D eigenvalue weighted by Gasteiger charge is 2.38. The third kappa shape index (κ3) is 3.06. The number of guanidine groups is 1. The van der Waals surface area contributed by atoms with Gasteiger partial charge in [-0.25, -0.2) is 4.99 Å². The normalized spacial score (nSPS) is 23.9. The van der Waals surface area contributed by atoms with E-state index in [4.69, 9.17) is 15.2 Å². The van der Waals surface area contributed by atoms with E-state index in [9.17, 15) is 0 Å². The van der Waals surface area contributed by atoms with Crippen molar-refractivity contribution in [3.63, 3.8) is 0 Å². The van der Waals surface area contributed by atoms with Crippen molar-refractivity contribution in [2.24, 2.45) is 16.1 Å². The van der Waals surface area contributed by atoms with Crippen molar-refractivity contribution in [1.82, 2.24) is 0 Å². The van der Waals surface area contributed by atoms with Crippen molar-refractivity contribution < 1.29 is 9.47 Å². The minimum Gasteiger partial charge on any atom is -0.490 e. The number of benzene rings is 1. The molecule has 0 saturated heterocycles. The molecule has 1 fully saturated rings. The van der Waals surface area contributed by atoms with Crippen molar-refractivity contribution in [2.45, 2.75) is 39.2 Å². The summed E-state index contributed by atoms with van der Waals surface area (Å²) >= 11 is 0. The largest absolute Gasteiger partial charge is 0.490 e. The fourth-order valence-corrected chi connectivity index (χ4v) is 2.68. The summed E-state index contributed by atoms with van der Waals surface area (Å²) in [6.07, 6.45) is 3.22. The first-order valence-corrected chi connectivity index (χ1v) is 7.54. The standard InChI is InChI=1S/C16H23N3O2/c1-16(2)7-6-14(16)19-15(17)18-11-4-5-12-13(10-11)21-9-3-8-20-12/h4-5,10,14H,3,6-9H2,1-2H3,(H3,17,18,19). The van der Waals surface area contributed by atoms with Gasteiger partial charge in [0.15, 0.2) is 17.5 Å².